The van der Waals surface area contributed by atoms with Gasteiger partial charge in [-0.05, 0) is 67.8 Å². The van der Waals surface area contributed by atoms with Crippen LogP contribution in [0.15, 0.2) is 103 Å². The van der Waals surface area contributed by atoms with Crippen LogP contribution in [-0.4, -0.2) is 5.52 Å². The van der Waals surface area contributed by atoms with Gasteiger partial charge in [0, 0.05) is 0 Å². The number of carbonyl (C=O) groups is 1. The summed E-state index contributed by atoms with van der Waals surface area (Å²) in [6, 6.07) is 31.6. The second kappa shape index (κ2) is 9.89. The molecule has 0 saturated carbocycles. The maximum atomic E-state index is 14.1. The molecule has 5 heteroatoms. The van der Waals surface area contributed by atoms with Crippen LogP contribution in [0.25, 0.3) is 0 Å². The van der Waals surface area contributed by atoms with Gasteiger partial charge in [-0.25, -0.2) is 4.79 Å². The molecule has 0 radical (unpaired) electrons. The largest absolute Gasteiger partial charge is 0.623 e. The lowest BCUT2D eigenvalue weighted by Crippen LogP contribution is -2.24. The number of para-hydroxylation sites is 3. The fourth-order valence-corrected chi connectivity index (χ4v) is 5.50. The van der Waals surface area contributed by atoms with Crippen LogP contribution >= 0.6 is 7.94 Å². The quantitative estimate of drug-likeness (QED) is 0.254. The molecule has 0 spiro atoms. The van der Waals surface area contributed by atoms with Gasteiger partial charge in [-0.15, -0.1) is 0 Å². The Balaban J connectivity index is 1.90. The van der Waals surface area contributed by atoms with Crippen molar-refractivity contribution in [2.75, 3.05) is 0 Å². The van der Waals surface area contributed by atoms with Gasteiger partial charge < -0.3 is 0 Å². The van der Waals surface area contributed by atoms with E-state index in [0.29, 0.717) is 22.8 Å². The summed E-state index contributed by atoms with van der Waals surface area (Å²) in [5, 5.41) is 0. The zero-order chi connectivity index (χ0) is 23.3. The van der Waals surface area contributed by atoms with E-state index in [9.17, 15) is 4.79 Å². The van der Waals surface area contributed by atoms with Crippen LogP contribution in [0.2, 0.25) is 0 Å². The number of rotatable bonds is 8. The first kappa shape index (κ1) is 22.6. The van der Waals surface area contributed by atoms with Crippen LogP contribution in [0, 0.1) is 20.8 Å². The van der Waals surface area contributed by atoms with E-state index in [4.69, 9.17) is 13.6 Å². The number of aryl methyl sites for hydroxylation is 3. The number of benzene rings is 4. The fraction of sp³-hybridized carbons (Fsp3) is 0.107. The topological polar surface area (TPSA) is 44.8 Å². The Morgan fingerprint density at radius 3 is 1.21 bits per heavy atom. The first-order valence-corrected chi connectivity index (χ1v) is 12.3. The van der Waals surface area contributed by atoms with Crippen LogP contribution in [-0.2, 0) is 0 Å². The maximum absolute atomic E-state index is 14.1. The third-order valence-electron chi connectivity index (χ3n) is 5.21. The molecule has 0 N–H and O–H groups in total. The minimum absolute atomic E-state index is 0.335. The summed E-state index contributed by atoms with van der Waals surface area (Å²) < 4.78 is 19.5. The summed E-state index contributed by atoms with van der Waals surface area (Å²) in [5.74, 6) is 1.62. The SMILES string of the molecule is Cc1ccccc1O[P+](Oc1ccccc1C)(Oc1ccccc1C)C(=O)c1ccccc1. The molecule has 4 aromatic carbocycles. The highest BCUT2D eigenvalue weighted by Gasteiger charge is 2.61. The normalized spacial score (nSPS) is 11.0. The molecule has 0 amide bonds. The van der Waals surface area contributed by atoms with E-state index >= 15 is 0 Å². The molecule has 4 aromatic rings. The number of carbonyl (C=O) groups excluding carboxylic acids is 1. The molecule has 0 fully saturated rings. The average molecular weight is 457 g/mol. The molecule has 0 aliphatic rings. The highest BCUT2D eigenvalue weighted by atomic mass is 31.2. The molecule has 33 heavy (non-hydrogen) atoms. The van der Waals surface area contributed by atoms with Crippen molar-refractivity contribution in [3.8, 4) is 17.2 Å². The highest BCUT2D eigenvalue weighted by Crippen LogP contribution is 2.63. The van der Waals surface area contributed by atoms with E-state index in [2.05, 4.69) is 0 Å². The van der Waals surface area contributed by atoms with Crippen molar-refractivity contribution >= 4 is 13.5 Å². The first-order valence-electron chi connectivity index (χ1n) is 10.7. The molecule has 166 valence electrons. The first-order chi connectivity index (χ1) is 16.0. The molecular formula is C28H26O4P+. The van der Waals surface area contributed by atoms with E-state index in [1.165, 1.54) is 0 Å². The second-order valence-electron chi connectivity index (χ2n) is 7.74. The van der Waals surface area contributed by atoms with Gasteiger partial charge in [0.2, 0.25) is 0 Å². The zero-order valence-corrected chi connectivity index (χ0v) is 19.8. The Morgan fingerprint density at radius 2 is 0.848 bits per heavy atom. The van der Waals surface area contributed by atoms with Crippen LogP contribution < -0.4 is 13.6 Å². The molecule has 0 saturated heterocycles. The van der Waals surface area contributed by atoms with Crippen molar-refractivity contribution in [2.45, 2.75) is 20.8 Å². The van der Waals surface area contributed by atoms with E-state index < -0.39 is 7.94 Å². The summed E-state index contributed by atoms with van der Waals surface area (Å²) in [4.78, 5) is 14.1. The summed E-state index contributed by atoms with van der Waals surface area (Å²) in [7, 11) is -3.69. The Kier molecular flexibility index (Phi) is 6.76. The lowest BCUT2D eigenvalue weighted by molar-refractivity contribution is 0.103. The number of hydrogen-bond acceptors (Lipinski definition) is 4. The monoisotopic (exact) mass is 457 g/mol. The van der Waals surface area contributed by atoms with Gasteiger partial charge in [0.05, 0.1) is 5.56 Å². The van der Waals surface area contributed by atoms with Gasteiger partial charge in [0.25, 0.3) is 0 Å². The molecule has 0 unspecified atom stereocenters. The number of hydrogen-bond donors (Lipinski definition) is 0. The fourth-order valence-electron chi connectivity index (χ4n) is 3.28. The van der Waals surface area contributed by atoms with E-state index in [0.717, 1.165) is 16.7 Å². The average Bonchev–Trinajstić information content (AvgIpc) is 2.83. The van der Waals surface area contributed by atoms with Gasteiger partial charge in [0.1, 0.15) is 0 Å². The van der Waals surface area contributed by atoms with Crippen molar-refractivity contribution in [1.82, 2.24) is 0 Å². The van der Waals surface area contributed by atoms with Crippen molar-refractivity contribution in [1.29, 1.82) is 0 Å². The van der Waals surface area contributed by atoms with Gasteiger partial charge in [0.15, 0.2) is 17.2 Å². The van der Waals surface area contributed by atoms with E-state index in [-0.39, 0.29) is 5.52 Å². The molecule has 0 aromatic heterocycles. The maximum Gasteiger partial charge on any atom is 0.623 e. The van der Waals surface area contributed by atoms with Crippen molar-refractivity contribution < 1.29 is 18.4 Å². The summed E-state index contributed by atoms with van der Waals surface area (Å²) in [6.07, 6.45) is 0. The van der Waals surface area contributed by atoms with Gasteiger partial charge in [-0.2, -0.15) is 0 Å². The zero-order valence-electron chi connectivity index (χ0n) is 18.9. The summed E-state index contributed by atoms with van der Waals surface area (Å²) in [6.45, 7) is 5.79. The standard InChI is InChI=1S/C28H26O4P/c1-21-13-7-10-18-25(21)30-33(28(29)24-16-5-4-6-17-24,31-26-19-11-8-14-22(26)2)32-27-20-12-9-15-23(27)3/h4-20H,1-3H3/q+1. The van der Waals surface area contributed by atoms with E-state index in [1.807, 2.05) is 112 Å². The molecule has 4 rings (SSSR count). The van der Waals surface area contributed by atoms with Gasteiger partial charge >= 0.3 is 13.5 Å². The Labute approximate surface area is 195 Å². The minimum Gasteiger partial charge on any atom is -0.265 e. The third-order valence-corrected chi connectivity index (χ3v) is 7.27. The molecular weight excluding hydrogens is 431 g/mol. The summed E-state index contributed by atoms with van der Waals surface area (Å²) >= 11 is 0. The van der Waals surface area contributed by atoms with Crippen LogP contribution in [0.5, 0.6) is 17.2 Å². The lowest BCUT2D eigenvalue weighted by Gasteiger charge is -2.23. The van der Waals surface area contributed by atoms with Crippen molar-refractivity contribution in [2.24, 2.45) is 0 Å². The molecule has 0 heterocycles. The smallest absolute Gasteiger partial charge is 0.265 e. The Bertz CT molecular complexity index is 1140. The van der Waals surface area contributed by atoms with Crippen LogP contribution in [0.3, 0.4) is 0 Å². The van der Waals surface area contributed by atoms with Crippen LogP contribution in [0.4, 0.5) is 0 Å². The predicted molar refractivity (Wildman–Crippen MR) is 133 cm³/mol. The Morgan fingerprint density at radius 1 is 0.515 bits per heavy atom. The van der Waals surface area contributed by atoms with Gasteiger partial charge in [-0.3, -0.25) is 13.6 Å². The second-order valence-corrected chi connectivity index (χ2v) is 9.69. The Hall–Kier alpha value is -3.62. The molecule has 0 aliphatic carbocycles. The van der Waals surface area contributed by atoms with Crippen LogP contribution in [0.1, 0.15) is 27.0 Å². The van der Waals surface area contributed by atoms with Gasteiger partial charge in [-0.1, -0.05) is 72.8 Å². The predicted octanol–water partition coefficient (Wildman–Crippen LogP) is 7.75. The molecule has 0 aliphatic heterocycles. The summed E-state index contributed by atoms with van der Waals surface area (Å²) in [5.41, 5.74) is 2.76. The lowest BCUT2D eigenvalue weighted by atomic mass is 10.2. The molecule has 4 nitrogen and oxygen atoms in total. The molecule has 0 atom stereocenters. The van der Waals surface area contributed by atoms with E-state index in [1.54, 1.807) is 12.1 Å². The minimum atomic E-state index is -3.69. The molecule has 0 bridgehead atoms. The third kappa shape index (κ3) is 5.08. The highest BCUT2D eigenvalue weighted by molar-refractivity contribution is 7.80. The van der Waals surface area contributed by atoms with Crippen molar-refractivity contribution in [3.63, 3.8) is 0 Å². The van der Waals surface area contributed by atoms with Crippen molar-refractivity contribution in [3.05, 3.63) is 125 Å².